The summed E-state index contributed by atoms with van der Waals surface area (Å²) in [6.45, 7) is 5.44. The van der Waals surface area contributed by atoms with E-state index in [-0.39, 0.29) is 11.8 Å². The Kier molecular flexibility index (Phi) is 6.64. The van der Waals surface area contributed by atoms with Crippen LogP contribution in [0.25, 0.3) is 11.1 Å². The number of hydrogen-bond donors (Lipinski definition) is 2. The number of anilines is 2. The Hall–Kier alpha value is -3.16. The summed E-state index contributed by atoms with van der Waals surface area (Å²) < 4.78 is 5.50. The lowest BCUT2D eigenvalue weighted by Gasteiger charge is -2.28. The first-order chi connectivity index (χ1) is 15.2. The van der Waals surface area contributed by atoms with Crippen LogP contribution in [0.3, 0.4) is 0 Å². The standard InChI is InChI=1S/C24H25N3O3S/c1-2-25-22(28)18-8-10-19(11-9-18)26-23(29)21-16-20(17-6-4-3-5-7-17)24(31-21)27-12-14-30-15-13-27/h3-11,16H,2,12-15H2,1H3,(H,25,28)(H,26,29). The monoisotopic (exact) mass is 435 g/mol. The molecule has 2 heterocycles. The fraction of sp³-hybridized carbons (Fsp3) is 0.250. The van der Waals surface area contributed by atoms with Crippen molar-refractivity contribution in [2.24, 2.45) is 0 Å². The lowest BCUT2D eigenvalue weighted by Crippen LogP contribution is -2.35. The van der Waals surface area contributed by atoms with E-state index in [9.17, 15) is 9.59 Å². The van der Waals surface area contributed by atoms with Crippen LogP contribution in [0, 0.1) is 0 Å². The number of nitrogens with zero attached hydrogens (tertiary/aromatic N) is 1. The molecule has 1 aromatic heterocycles. The van der Waals surface area contributed by atoms with E-state index in [0.717, 1.165) is 29.2 Å². The zero-order valence-electron chi connectivity index (χ0n) is 17.4. The van der Waals surface area contributed by atoms with Gasteiger partial charge in [0, 0.05) is 36.4 Å². The van der Waals surface area contributed by atoms with Gasteiger partial charge in [0.05, 0.1) is 23.1 Å². The van der Waals surface area contributed by atoms with Gasteiger partial charge in [0.15, 0.2) is 0 Å². The van der Waals surface area contributed by atoms with Crippen LogP contribution in [0.1, 0.15) is 27.0 Å². The molecule has 0 radical (unpaired) electrons. The summed E-state index contributed by atoms with van der Waals surface area (Å²) >= 11 is 1.50. The van der Waals surface area contributed by atoms with Gasteiger partial charge in [-0.25, -0.2) is 0 Å². The van der Waals surface area contributed by atoms with Crippen molar-refractivity contribution in [3.05, 3.63) is 71.1 Å². The first kappa shape index (κ1) is 21.1. The molecule has 2 aromatic carbocycles. The van der Waals surface area contributed by atoms with Crippen LogP contribution in [0.4, 0.5) is 10.7 Å². The second kappa shape index (κ2) is 9.76. The van der Waals surface area contributed by atoms with E-state index >= 15 is 0 Å². The third kappa shape index (κ3) is 4.95. The number of hydrogen-bond acceptors (Lipinski definition) is 5. The number of carbonyl (C=O) groups excluding carboxylic acids is 2. The van der Waals surface area contributed by atoms with Crippen LogP contribution < -0.4 is 15.5 Å². The van der Waals surface area contributed by atoms with Gasteiger partial charge in [-0.15, -0.1) is 11.3 Å². The molecule has 4 rings (SSSR count). The molecule has 7 heteroatoms. The SMILES string of the molecule is CCNC(=O)c1ccc(NC(=O)c2cc(-c3ccccc3)c(N3CCOCC3)s2)cc1. The Morgan fingerprint density at radius 1 is 1.00 bits per heavy atom. The van der Waals surface area contributed by atoms with Crippen molar-refractivity contribution in [1.82, 2.24) is 5.32 Å². The van der Waals surface area contributed by atoms with Crippen molar-refractivity contribution in [3.63, 3.8) is 0 Å². The highest BCUT2D eigenvalue weighted by atomic mass is 32.1. The summed E-state index contributed by atoms with van der Waals surface area (Å²) in [5, 5.41) is 6.80. The minimum atomic E-state index is -0.160. The molecule has 0 bridgehead atoms. The Bertz CT molecular complexity index is 1040. The van der Waals surface area contributed by atoms with Crippen molar-refractivity contribution < 1.29 is 14.3 Å². The molecule has 31 heavy (non-hydrogen) atoms. The van der Waals surface area contributed by atoms with Gasteiger partial charge in [-0.2, -0.15) is 0 Å². The maximum absolute atomic E-state index is 13.0. The highest BCUT2D eigenvalue weighted by molar-refractivity contribution is 7.18. The molecule has 0 aliphatic carbocycles. The summed E-state index contributed by atoms with van der Waals surface area (Å²) in [4.78, 5) is 27.8. The smallest absolute Gasteiger partial charge is 0.265 e. The number of ether oxygens (including phenoxy) is 1. The predicted molar refractivity (Wildman–Crippen MR) is 125 cm³/mol. The number of thiophene rings is 1. The molecule has 2 N–H and O–H groups in total. The van der Waals surface area contributed by atoms with Crippen LogP contribution in [-0.2, 0) is 4.74 Å². The molecule has 2 amide bonds. The zero-order chi connectivity index (χ0) is 21.6. The molecule has 1 fully saturated rings. The average molecular weight is 436 g/mol. The number of nitrogens with one attached hydrogen (secondary N) is 2. The van der Waals surface area contributed by atoms with E-state index in [4.69, 9.17) is 4.74 Å². The molecular formula is C24H25N3O3S. The topological polar surface area (TPSA) is 70.7 Å². The van der Waals surface area contributed by atoms with Gasteiger partial charge in [0.25, 0.3) is 11.8 Å². The number of amides is 2. The molecule has 0 saturated carbocycles. The highest BCUT2D eigenvalue weighted by Crippen LogP contribution is 2.39. The molecule has 3 aromatic rings. The second-order valence-corrected chi connectivity index (χ2v) is 8.22. The number of benzene rings is 2. The Morgan fingerprint density at radius 2 is 1.71 bits per heavy atom. The Morgan fingerprint density at radius 3 is 2.39 bits per heavy atom. The van der Waals surface area contributed by atoms with E-state index in [1.54, 1.807) is 24.3 Å². The molecule has 6 nitrogen and oxygen atoms in total. The van der Waals surface area contributed by atoms with Crippen LogP contribution in [-0.4, -0.2) is 44.7 Å². The van der Waals surface area contributed by atoms with Crippen molar-refractivity contribution in [3.8, 4) is 11.1 Å². The van der Waals surface area contributed by atoms with Gasteiger partial charge < -0.3 is 20.3 Å². The van der Waals surface area contributed by atoms with Gasteiger partial charge in [0.2, 0.25) is 0 Å². The third-order valence-electron chi connectivity index (χ3n) is 5.06. The maximum Gasteiger partial charge on any atom is 0.265 e. The fourth-order valence-electron chi connectivity index (χ4n) is 3.48. The first-order valence-electron chi connectivity index (χ1n) is 10.4. The Balaban J connectivity index is 1.56. The lowest BCUT2D eigenvalue weighted by molar-refractivity contribution is 0.0955. The number of carbonyl (C=O) groups is 2. The summed E-state index contributed by atoms with van der Waals surface area (Å²) in [5.74, 6) is -0.284. The molecule has 1 aliphatic rings. The van der Waals surface area contributed by atoms with E-state index in [1.807, 2.05) is 31.2 Å². The minimum Gasteiger partial charge on any atom is -0.378 e. The van der Waals surface area contributed by atoms with Crippen LogP contribution in [0.2, 0.25) is 0 Å². The molecule has 1 aliphatic heterocycles. The van der Waals surface area contributed by atoms with Crippen LogP contribution in [0.5, 0.6) is 0 Å². The fourth-order valence-corrected chi connectivity index (χ4v) is 4.61. The summed E-state index contributed by atoms with van der Waals surface area (Å²) in [6, 6.07) is 19.0. The molecule has 1 saturated heterocycles. The molecule has 0 spiro atoms. The van der Waals surface area contributed by atoms with E-state index in [2.05, 4.69) is 27.7 Å². The summed E-state index contributed by atoms with van der Waals surface area (Å²) in [6.07, 6.45) is 0. The highest BCUT2D eigenvalue weighted by Gasteiger charge is 2.22. The summed E-state index contributed by atoms with van der Waals surface area (Å²) in [5.41, 5.74) is 3.37. The van der Waals surface area contributed by atoms with Gasteiger partial charge in [-0.1, -0.05) is 30.3 Å². The van der Waals surface area contributed by atoms with Crippen molar-refractivity contribution in [2.75, 3.05) is 43.1 Å². The molecule has 0 unspecified atom stereocenters. The molecule has 160 valence electrons. The largest absolute Gasteiger partial charge is 0.378 e. The van der Waals surface area contributed by atoms with E-state index in [0.29, 0.717) is 35.9 Å². The van der Waals surface area contributed by atoms with Crippen molar-refractivity contribution in [2.45, 2.75) is 6.92 Å². The maximum atomic E-state index is 13.0. The average Bonchev–Trinajstić information content (AvgIpc) is 3.27. The minimum absolute atomic E-state index is 0.124. The van der Waals surface area contributed by atoms with E-state index < -0.39 is 0 Å². The van der Waals surface area contributed by atoms with E-state index in [1.165, 1.54) is 11.3 Å². The number of morpholine rings is 1. The first-order valence-corrected chi connectivity index (χ1v) is 11.2. The number of rotatable bonds is 6. The van der Waals surface area contributed by atoms with Crippen molar-refractivity contribution in [1.29, 1.82) is 0 Å². The zero-order valence-corrected chi connectivity index (χ0v) is 18.2. The molecule has 0 atom stereocenters. The van der Waals surface area contributed by atoms with Gasteiger partial charge in [-0.05, 0) is 42.8 Å². The summed E-state index contributed by atoms with van der Waals surface area (Å²) in [7, 11) is 0. The van der Waals surface area contributed by atoms with Crippen LogP contribution >= 0.6 is 11.3 Å². The van der Waals surface area contributed by atoms with Gasteiger partial charge in [-0.3, -0.25) is 9.59 Å². The predicted octanol–water partition coefficient (Wildman–Crippen LogP) is 4.25. The Labute approximate surface area is 185 Å². The normalized spacial score (nSPS) is 13.6. The quantitative estimate of drug-likeness (QED) is 0.607. The van der Waals surface area contributed by atoms with Crippen molar-refractivity contribution >= 4 is 33.8 Å². The van der Waals surface area contributed by atoms with Gasteiger partial charge >= 0.3 is 0 Å². The van der Waals surface area contributed by atoms with Gasteiger partial charge in [0.1, 0.15) is 0 Å². The third-order valence-corrected chi connectivity index (χ3v) is 6.26. The van der Waals surface area contributed by atoms with Crippen LogP contribution in [0.15, 0.2) is 60.7 Å². The lowest BCUT2D eigenvalue weighted by atomic mass is 10.1. The molecular weight excluding hydrogens is 410 g/mol. The second-order valence-electron chi connectivity index (χ2n) is 7.19.